The van der Waals surface area contributed by atoms with Crippen molar-refractivity contribution >= 4 is 19.8 Å². The summed E-state index contributed by atoms with van der Waals surface area (Å²) < 4.78 is 32.5. The summed E-state index contributed by atoms with van der Waals surface area (Å²) in [5, 5.41) is 38.4. The van der Waals surface area contributed by atoms with Crippen molar-refractivity contribution in [3.63, 3.8) is 0 Å². The van der Waals surface area contributed by atoms with Gasteiger partial charge in [0, 0.05) is 12.8 Å². The third kappa shape index (κ3) is 37.2. The number of phosphoric acid groups is 1. The number of unbranched alkanes of at least 4 members (excludes halogenated alkanes) is 14. The standard InChI is InChI=1S/C42H75O12P/c1-3-5-7-8-9-10-11-12-13-14-18-21-25-31-42(48)54-40(36-53-55(49,50)52-34-39(46)33-43)35-51-41(47)32-26-30-38(45)29-24-20-17-15-16-19-23-28-37(44)27-22-6-4-2/h16-17,19-20,23-24,28-29,37-40,43-46H,3-15,18,21-22,25-27,30-36H2,1-2H3,(H,49,50)/b19-16-,20-17-,28-23+,29-24+/t37-,38-,39-,40+/m0/s1. The second-order valence-electron chi connectivity index (χ2n) is 14.1. The molecular formula is C42H75O12P. The van der Waals surface area contributed by atoms with Crippen molar-refractivity contribution in [1.82, 2.24) is 0 Å². The molecule has 320 valence electrons. The molecule has 0 saturated heterocycles. The van der Waals surface area contributed by atoms with Gasteiger partial charge < -0.3 is 34.8 Å². The molecule has 1 unspecified atom stereocenters. The van der Waals surface area contributed by atoms with E-state index in [-0.39, 0.29) is 12.8 Å². The predicted octanol–water partition coefficient (Wildman–Crippen LogP) is 8.50. The van der Waals surface area contributed by atoms with Crippen molar-refractivity contribution in [2.45, 2.75) is 180 Å². The fourth-order valence-electron chi connectivity index (χ4n) is 5.38. The van der Waals surface area contributed by atoms with Gasteiger partial charge in [-0.3, -0.25) is 18.6 Å². The summed E-state index contributed by atoms with van der Waals surface area (Å²) in [4.78, 5) is 34.9. The molecule has 0 saturated carbocycles. The molecule has 0 aromatic carbocycles. The Bertz CT molecular complexity index is 1090. The summed E-state index contributed by atoms with van der Waals surface area (Å²) in [5.41, 5.74) is 0. The Morgan fingerprint density at radius 1 is 0.600 bits per heavy atom. The van der Waals surface area contributed by atoms with Crippen molar-refractivity contribution in [1.29, 1.82) is 0 Å². The lowest BCUT2D eigenvalue weighted by Crippen LogP contribution is -2.30. The second-order valence-corrected chi connectivity index (χ2v) is 15.5. The van der Waals surface area contributed by atoms with Crippen molar-refractivity contribution in [2.75, 3.05) is 26.4 Å². The van der Waals surface area contributed by atoms with Crippen LogP contribution in [0.4, 0.5) is 0 Å². The topological polar surface area (TPSA) is 189 Å². The van der Waals surface area contributed by atoms with E-state index in [1.165, 1.54) is 57.8 Å². The van der Waals surface area contributed by atoms with E-state index in [9.17, 15) is 34.4 Å². The minimum absolute atomic E-state index is 0.00646. The van der Waals surface area contributed by atoms with Crippen molar-refractivity contribution in [3.8, 4) is 0 Å². The van der Waals surface area contributed by atoms with Gasteiger partial charge in [-0.15, -0.1) is 0 Å². The van der Waals surface area contributed by atoms with Crippen LogP contribution in [0.25, 0.3) is 0 Å². The van der Waals surface area contributed by atoms with Crippen LogP contribution in [-0.2, 0) is 32.7 Å². The highest BCUT2D eigenvalue weighted by molar-refractivity contribution is 7.47. The fraction of sp³-hybridized carbons (Fsp3) is 0.762. The molecule has 13 heteroatoms. The lowest BCUT2D eigenvalue weighted by molar-refractivity contribution is -0.161. The van der Waals surface area contributed by atoms with E-state index in [1.807, 2.05) is 30.4 Å². The molecule has 0 radical (unpaired) electrons. The first-order chi connectivity index (χ1) is 26.5. The molecule has 0 bridgehead atoms. The first-order valence-electron chi connectivity index (χ1n) is 20.8. The van der Waals surface area contributed by atoms with Gasteiger partial charge in [0.1, 0.15) is 12.7 Å². The first kappa shape index (κ1) is 52.9. The number of hydrogen-bond donors (Lipinski definition) is 5. The maximum absolute atomic E-state index is 12.6. The quantitative estimate of drug-likeness (QED) is 0.0174. The SMILES string of the molecule is CCCCCCCCCCCCCCCC(=O)O[C@H](COC(=O)CCC[C@@H](O)/C=C/C=C\C/C=C\C=C\[C@@H](O)CCCCC)COP(=O)(O)OC[C@@H](O)CO. The third-order valence-electron chi connectivity index (χ3n) is 8.69. The van der Waals surface area contributed by atoms with Crippen LogP contribution >= 0.6 is 7.82 Å². The van der Waals surface area contributed by atoms with Gasteiger partial charge in [-0.05, 0) is 32.1 Å². The van der Waals surface area contributed by atoms with Crippen molar-refractivity contribution in [2.24, 2.45) is 0 Å². The van der Waals surface area contributed by atoms with Crippen molar-refractivity contribution in [3.05, 3.63) is 48.6 Å². The van der Waals surface area contributed by atoms with Crippen molar-refractivity contribution < 1.29 is 58.0 Å². The van der Waals surface area contributed by atoms with Gasteiger partial charge >= 0.3 is 19.8 Å². The van der Waals surface area contributed by atoms with Crippen LogP contribution in [0.2, 0.25) is 0 Å². The summed E-state index contributed by atoms with van der Waals surface area (Å²) in [7, 11) is -4.67. The molecule has 5 atom stereocenters. The van der Waals surface area contributed by atoms with E-state index in [0.29, 0.717) is 25.7 Å². The maximum atomic E-state index is 12.6. The number of ether oxygens (including phenoxy) is 2. The van der Waals surface area contributed by atoms with Crippen LogP contribution in [-0.4, -0.2) is 88.1 Å². The minimum Gasteiger partial charge on any atom is -0.462 e. The molecule has 0 heterocycles. The van der Waals surface area contributed by atoms with E-state index >= 15 is 0 Å². The Kier molecular flexibility index (Phi) is 36.0. The summed E-state index contributed by atoms with van der Waals surface area (Å²) in [6.45, 7) is 2.01. The van der Waals surface area contributed by atoms with Gasteiger partial charge in [-0.25, -0.2) is 4.57 Å². The second kappa shape index (κ2) is 37.4. The molecule has 0 spiro atoms. The number of phosphoric ester groups is 1. The monoisotopic (exact) mass is 802 g/mol. The zero-order chi connectivity index (χ0) is 40.8. The molecular weight excluding hydrogens is 727 g/mol. The van der Waals surface area contributed by atoms with E-state index in [2.05, 4.69) is 18.4 Å². The maximum Gasteiger partial charge on any atom is 0.472 e. The third-order valence-corrected chi connectivity index (χ3v) is 9.65. The van der Waals surface area contributed by atoms with Gasteiger partial charge in [-0.2, -0.15) is 0 Å². The zero-order valence-corrected chi connectivity index (χ0v) is 34.7. The molecule has 5 N–H and O–H groups in total. The van der Waals surface area contributed by atoms with Crippen LogP contribution in [0.3, 0.4) is 0 Å². The van der Waals surface area contributed by atoms with E-state index in [4.69, 9.17) is 19.1 Å². The molecule has 55 heavy (non-hydrogen) atoms. The molecule has 0 aliphatic rings. The van der Waals surface area contributed by atoms with E-state index in [1.54, 1.807) is 18.2 Å². The van der Waals surface area contributed by atoms with E-state index in [0.717, 1.165) is 44.9 Å². The largest absolute Gasteiger partial charge is 0.472 e. The van der Waals surface area contributed by atoms with Gasteiger partial charge in [0.2, 0.25) is 0 Å². The number of allylic oxidation sites excluding steroid dienone is 6. The van der Waals surface area contributed by atoms with Gasteiger partial charge in [0.05, 0.1) is 32.0 Å². The smallest absolute Gasteiger partial charge is 0.462 e. The lowest BCUT2D eigenvalue weighted by atomic mass is 10.0. The Labute approximate surface area is 331 Å². The Morgan fingerprint density at radius 3 is 1.62 bits per heavy atom. The minimum atomic E-state index is -4.67. The number of carbonyl (C=O) groups is 2. The van der Waals surface area contributed by atoms with Crippen LogP contribution in [0.15, 0.2) is 48.6 Å². The molecule has 0 fully saturated rings. The zero-order valence-electron chi connectivity index (χ0n) is 33.9. The molecule has 0 aliphatic heterocycles. The fourth-order valence-corrected chi connectivity index (χ4v) is 6.17. The number of aliphatic hydroxyl groups excluding tert-OH is 4. The first-order valence-corrected chi connectivity index (χ1v) is 22.3. The van der Waals surface area contributed by atoms with Gasteiger partial charge in [-0.1, -0.05) is 159 Å². The average molecular weight is 803 g/mol. The van der Waals surface area contributed by atoms with Crippen LogP contribution < -0.4 is 0 Å². The Morgan fingerprint density at radius 2 is 1.07 bits per heavy atom. The summed E-state index contributed by atoms with van der Waals surface area (Å²) in [6.07, 6.45) is 31.5. The number of rotatable bonds is 38. The predicted molar refractivity (Wildman–Crippen MR) is 217 cm³/mol. The highest BCUT2D eigenvalue weighted by atomic mass is 31.2. The summed E-state index contributed by atoms with van der Waals surface area (Å²) in [6, 6.07) is 0. The molecule has 0 aromatic heterocycles. The summed E-state index contributed by atoms with van der Waals surface area (Å²) >= 11 is 0. The molecule has 12 nitrogen and oxygen atoms in total. The van der Waals surface area contributed by atoms with Crippen LogP contribution in [0.1, 0.15) is 155 Å². The van der Waals surface area contributed by atoms with E-state index < -0.39 is 70.6 Å². The number of esters is 2. The Balaban J connectivity index is 4.56. The average Bonchev–Trinajstić information content (AvgIpc) is 3.16. The lowest BCUT2D eigenvalue weighted by Gasteiger charge is -2.20. The normalized spacial score (nSPS) is 15.5. The molecule has 0 amide bonds. The highest BCUT2D eigenvalue weighted by Crippen LogP contribution is 2.43. The molecule has 0 aliphatic carbocycles. The number of hydrogen-bond acceptors (Lipinski definition) is 11. The summed E-state index contributed by atoms with van der Waals surface area (Å²) in [5.74, 6) is -1.15. The van der Waals surface area contributed by atoms with Crippen LogP contribution in [0, 0.1) is 0 Å². The van der Waals surface area contributed by atoms with Gasteiger partial charge in [0.15, 0.2) is 6.10 Å². The highest BCUT2D eigenvalue weighted by Gasteiger charge is 2.27. The number of aliphatic hydroxyl groups is 4. The molecule has 0 rings (SSSR count). The Hall–Kier alpha value is -2.15. The number of carbonyl (C=O) groups excluding carboxylic acids is 2. The van der Waals surface area contributed by atoms with Crippen LogP contribution in [0.5, 0.6) is 0 Å². The molecule has 0 aromatic rings. The van der Waals surface area contributed by atoms with Gasteiger partial charge in [0.25, 0.3) is 0 Å².